The van der Waals surface area contributed by atoms with Gasteiger partial charge in [0.2, 0.25) is 0 Å². The number of fused-ring (bicyclic) bond motifs is 3. The number of halogens is 1. The molecule has 0 spiro atoms. The van der Waals surface area contributed by atoms with Gasteiger partial charge in [0.1, 0.15) is 0 Å². The molecule has 1 atom stereocenters. The van der Waals surface area contributed by atoms with Crippen LogP contribution in [0.1, 0.15) is 35.7 Å². The Morgan fingerprint density at radius 2 is 1.91 bits per heavy atom. The van der Waals surface area contributed by atoms with E-state index in [1.54, 1.807) is 0 Å². The summed E-state index contributed by atoms with van der Waals surface area (Å²) in [5, 5.41) is 5.98. The number of nitrogens with one attached hydrogen (secondary N) is 2. The number of para-hydroxylation sites is 1. The minimum absolute atomic E-state index is 0.425. The predicted molar refractivity (Wildman–Crippen MR) is 97.1 cm³/mol. The molecule has 0 saturated heterocycles. The molecule has 1 unspecified atom stereocenters. The van der Waals surface area contributed by atoms with E-state index in [1.165, 1.54) is 47.0 Å². The zero-order valence-electron chi connectivity index (χ0n) is 13.1. The second-order valence-electron chi connectivity index (χ2n) is 6.30. The highest BCUT2D eigenvalue weighted by atomic mass is 35.5. The molecule has 0 fully saturated rings. The van der Waals surface area contributed by atoms with Crippen LogP contribution in [0.4, 0.5) is 0 Å². The first kappa shape index (κ1) is 14.8. The van der Waals surface area contributed by atoms with Crippen molar-refractivity contribution in [3.8, 4) is 0 Å². The molecule has 3 aromatic rings. The molecule has 4 rings (SSSR count). The fourth-order valence-electron chi connectivity index (χ4n) is 3.70. The molecule has 1 aromatic heterocycles. The van der Waals surface area contributed by atoms with Crippen LogP contribution >= 0.6 is 11.6 Å². The minimum atomic E-state index is 0.425. The van der Waals surface area contributed by atoms with Gasteiger partial charge in [0, 0.05) is 27.7 Å². The molecular formula is C20H21ClN2. The lowest BCUT2D eigenvalue weighted by Crippen LogP contribution is -2.27. The number of H-pyrrole nitrogens is 1. The molecule has 0 bridgehead atoms. The smallest absolute Gasteiger partial charge is 0.0476 e. The third-order valence-electron chi connectivity index (χ3n) is 4.86. The third-order valence-corrected chi connectivity index (χ3v) is 5.23. The maximum atomic E-state index is 6.25. The summed E-state index contributed by atoms with van der Waals surface area (Å²) in [6.45, 7) is 0.948. The van der Waals surface area contributed by atoms with Crippen LogP contribution in [0.5, 0.6) is 0 Å². The number of rotatable bonds is 4. The van der Waals surface area contributed by atoms with Gasteiger partial charge in [-0.15, -0.1) is 0 Å². The first-order valence-corrected chi connectivity index (χ1v) is 8.77. The van der Waals surface area contributed by atoms with Crippen molar-refractivity contribution < 1.29 is 0 Å². The van der Waals surface area contributed by atoms with Crippen molar-refractivity contribution in [1.82, 2.24) is 10.3 Å². The summed E-state index contributed by atoms with van der Waals surface area (Å²) in [6.07, 6.45) is 4.59. The molecule has 1 aliphatic carbocycles. The van der Waals surface area contributed by atoms with Crippen LogP contribution in [0, 0.1) is 0 Å². The molecule has 2 N–H and O–H groups in total. The largest absolute Gasteiger partial charge is 0.357 e. The quantitative estimate of drug-likeness (QED) is 0.692. The number of aromatic nitrogens is 1. The van der Waals surface area contributed by atoms with Gasteiger partial charge in [-0.25, -0.2) is 0 Å². The van der Waals surface area contributed by atoms with Gasteiger partial charge in [-0.2, -0.15) is 0 Å². The Labute approximate surface area is 141 Å². The van der Waals surface area contributed by atoms with Gasteiger partial charge < -0.3 is 10.3 Å². The summed E-state index contributed by atoms with van der Waals surface area (Å²) in [7, 11) is 0. The van der Waals surface area contributed by atoms with Gasteiger partial charge >= 0.3 is 0 Å². The summed E-state index contributed by atoms with van der Waals surface area (Å²) in [6, 6.07) is 17.2. The second kappa shape index (κ2) is 6.38. The number of aryl methyl sites for hydroxylation is 1. The van der Waals surface area contributed by atoms with Crippen molar-refractivity contribution in [3.05, 3.63) is 70.4 Å². The Kier molecular flexibility index (Phi) is 4.11. The van der Waals surface area contributed by atoms with E-state index in [4.69, 9.17) is 11.6 Å². The first-order chi connectivity index (χ1) is 11.3. The molecule has 0 amide bonds. The number of aromatic amines is 1. The number of benzene rings is 2. The molecule has 23 heavy (non-hydrogen) atoms. The summed E-state index contributed by atoms with van der Waals surface area (Å²) in [4.78, 5) is 3.64. The minimum Gasteiger partial charge on any atom is -0.357 e. The Hall–Kier alpha value is -1.77. The number of hydrogen-bond acceptors (Lipinski definition) is 1. The lowest BCUT2D eigenvalue weighted by atomic mass is 9.91. The Balaban J connectivity index is 1.50. The van der Waals surface area contributed by atoms with Crippen molar-refractivity contribution in [3.63, 3.8) is 0 Å². The Bertz CT molecular complexity index is 821. The zero-order chi connectivity index (χ0) is 15.6. The summed E-state index contributed by atoms with van der Waals surface area (Å²) < 4.78 is 0. The van der Waals surface area contributed by atoms with Crippen LogP contribution < -0.4 is 5.32 Å². The predicted octanol–water partition coefficient (Wildman–Crippen LogP) is 5.03. The summed E-state index contributed by atoms with van der Waals surface area (Å²) >= 11 is 6.25. The summed E-state index contributed by atoms with van der Waals surface area (Å²) in [5.41, 5.74) is 5.37. The van der Waals surface area contributed by atoms with Gasteiger partial charge in [0.25, 0.3) is 0 Å². The molecule has 118 valence electrons. The van der Waals surface area contributed by atoms with E-state index >= 15 is 0 Å². The van der Waals surface area contributed by atoms with Crippen molar-refractivity contribution in [2.75, 3.05) is 6.54 Å². The van der Waals surface area contributed by atoms with Crippen LogP contribution in [0.25, 0.3) is 10.9 Å². The van der Waals surface area contributed by atoms with Crippen molar-refractivity contribution in [1.29, 1.82) is 0 Å². The van der Waals surface area contributed by atoms with E-state index < -0.39 is 0 Å². The fourth-order valence-corrected chi connectivity index (χ4v) is 3.93. The summed E-state index contributed by atoms with van der Waals surface area (Å²) in [5.74, 6) is 0. The highest BCUT2D eigenvalue weighted by molar-refractivity contribution is 6.31. The maximum absolute atomic E-state index is 6.25. The Morgan fingerprint density at radius 1 is 1.09 bits per heavy atom. The van der Waals surface area contributed by atoms with Crippen LogP contribution in [-0.4, -0.2) is 11.5 Å². The monoisotopic (exact) mass is 324 g/mol. The van der Waals surface area contributed by atoms with Crippen LogP contribution in [0.15, 0.2) is 48.5 Å². The normalized spacial score (nSPS) is 17.3. The standard InChI is InChI=1S/C20H21ClN2/c21-17-9-3-1-6-14(17)12-13-22-19-11-5-8-16-15-7-2-4-10-18(15)23-20(16)19/h1-4,6-7,9-10,19,22-23H,5,8,11-13H2. The SMILES string of the molecule is Clc1ccccc1CCNC1CCCc2c1[nH]c1ccccc21. The van der Waals surface area contributed by atoms with Gasteiger partial charge in [-0.05, 0) is 55.5 Å². The van der Waals surface area contributed by atoms with E-state index in [0.29, 0.717) is 6.04 Å². The molecular weight excluding hydrogens is 304 g/mol. The molecule has 1 heterocycles. The van der Waals surface area contributed by atoms with Gasteiger partial charge in [-0.1, -0.05) is 48.0 Å². The van der Waals surface area contributed by atoms with E-state index in [2.05, 4.69) is 46.7 Å². The molecule has 2 nitrogen and oxygen atoms in total. The zero-order valence-corrected chi connectivity index (χ0v) is 13.9. The second-order valence-corrected chi connectivity index (χ2v) is 6.71. The molecule has 2 aromatic carbocycles. The van der Waals surface area contributed by atoms with Crippen LogP contribution in [0.3, 0.4) is 0 Å². The highest BCUT2D eigenvalue weighted by Crippen LogP contribution is 2.34. The molecule has 0 aliphatic heterocycles. The first-order valence-electron chi connectivity index (χ1n) is 8.39. The number of hydrogen-bond donors (Lipinski definition) is 2. The molecule has 3 heteroatoms. The van der Waals surface area contributed by atoms with E-state index in [1.807, 2.05) is 12.1 Å². The maximum Gasteiger partial charge on any atom is 0.0476 e. The van der Waals surface area contributed by atoms with Gasteiger partial charge in [0.15, 0.2) is 0 Å². The van der Waals surface area contributed by atoms with Crippen LogP contribution in [0.2, 0.25) is 5.02 Å². The van der Waals surface area contributed by atoms with E-state index in [-0.39, 0.29) is 0 Å². The topological polar surface area (TPSA) is 27.8 Å². The van der Waals surface area contributed by atoms with Gasteiger partial charge in [-0.3, -0.25) is 0 Å². The molecule has 1 aliphatic rings. The van der Waals surface area contributed by atoms with E-state index in [0.717, 1.165) is 18.0 Å². The average Bonchev–Trinajstić information content (AvgIpc) is 2.96. The lowest BCUT2D eigenvalue weighted by molar-refractivity contribution is 0.456. The van der Waals surface area contributed by atoms with Crippen LogP contribution in [-0.2, 0) is 12.8 Å². The average molecular weight is 325 g/mol. The third kappa shape index (κ3) is 2.89. The van der Waals surface area contributed by atoms with Crippen molar-refractivity contribution in [2.24, 2.45) is 0 Å². The lowest BCUT2D eigenvalue weighted by Gasteiger charge is -2.24. The van der Waals surface area contributed by atoms with Crippen molar-refractivity contribution in [2.45, 2.75) is 31.7 Å². The molecule has 0 saturated carbocycles. The Morgan fingerprint density at radius 3 is 2.83 bits per heavy atom. The van der Waals surface area contributed by atoms with E-state index in [9.17, 15) is 0 Å². The van der Waals surface area contributed by atoms with Gasteiger partial charge in [0.05, 0.1) is 0 Å². The fraction of sp³-hybridized carbons (Fsp3) is 0.300. The highest BCUT2D eigenvalue weighted by Gasteiger charge is 2.23. The molecule has 0 radical (unpaired) electrons. The van der Waals surface area contributed by atoms with Crippen molar-refractivity contribution >= 4 is 22.5 Å².